The van der Waals surface area contributed by atoms with E-state index in [1.54, 1.807) is 18.2 Å². The highest BCUT2D eigenvalue weighted by atomic mass is 79.9. The summed E-state index contributed by atoms with van der Waals surface area (Å²) in [6, 6.07) is 13.9. The van der Waals surface area contributed by atoms with Crippen LogP contribution in [0.5, 0.6) is 5.75 Å². The Labute approximate surface area is 185 Å². The summed E-state index contributed by atoms with van der Waals surface area (Å²) < 4.78 is 6.57. The van der Waals surface area contributed by atoms with Gasteiger partial charge in [-0.05, 0) is 56.2 Å². The molecule has 2 amide bonds. The van der Waals surface area contributed by atoms with E-state index in [4.69, 9.17) is 16.3 Å². The van der Waals surface area contributed by atoms with Crippen molar-refractivity contribution in [1.29, 1.82) is 0 Å². The van der Waals surface area contributed by atoms with Crippen LogP contribution in [0.25, 0.3) is 0 Å². The molecule has 2 aromatic rings. The molecule has 0 unspecified atom stereocenters. The molecule has 0 aliphatic heterocycles. The van der Waals surface area contributed by atoms with Gasteiger partial charge in [-0.15, -0.1) is 0 Å². The molecule has 0 radical (unpaired) electrons. The van der Waals surface area contributed by atoms with Gasteiger partial charge >= 0.3 is 0 Å². The predicted molar refractivity (Wildman–Crippen MR) is 119 cm³/mol. The highest BCUT2D eigenvalue weighted by molar-refractivity contribution is 9.10. The van der Waals surface area contributed by atoms with Crippen LogP contribution in [0.1, 0.15) is 32.8 Å². The van der Waals surface area contributed by atoms with Gasteiger partial charge in [0.25, 0.3) is 5.91 Å². The van der Waals surface area contributed by atoms with Crippen LogP contribution in [-0.4, -0.2) is 35.4 Å². The van der Waals surface area contributed by atoms with E-state index in [1.807, 2.05) is 51.1 Å². The quantitative estimate of drug-likeness (QED) is 0.559. The first-order valence-electron chi connectivity index (χ1n) is 9.53. The Morgan fingerprint density at radius 2 is 1.79 bits per heavy atom. The van der Waals surface area contributed by atoms with Gasteiger partial charge in [-0.3, -0.25) is 9.59 Å². The summed E-state index contributed by atoms with van der Waals surface area (Å²) in [6.07, 6.45) is 0.479. The molecule has 2 aromatic carbocycles. The van der Waals surface area contributed by atoms with Crippen molar-refractivity contribution in [3.63, 3.8) is 0 Å². The molecule has 5 nitrogen and oxygen atoms in total. The number of ether oxygens (including phenoxy) is 1. The van der Waals surface area contributed by atoms with Crippen molar-refractivity contribution in [3.8, 4) is 5.75 Å². The van der Waals surface area contributed by atoms with Crippen molar-refractivity contribution in [2.24, 2.45) is 0 Å². The number of hydrogen-bond acceptors (Lipinski definition) is 3. The Morgan fingerprint density at radius 3 is 2.38 bits per heavy atom. The molecular weight excluding hydrogens is 456 g/mol. The van der Waals surface area contributed by atoms with E-state index in [2.05, 4.69) is 21.2 Å². The zero-order chi connectivity index (χ0) is 21.4. The maximum atomic E-state index is 13.1. The minimum Gasteiger partial charge on any atom is -0.484 e. The van der Waals surface area contributed by atoms with Crippen LogP contribution in [0.3, 0.4) is 0 Å². The Bertz CT molecular complexity index is 827. The molecule has 0 aliphatic carbocycles. The number of nitrogens with zero attached hydrogens (tertiary/aromatic N) is 1. The van der Waals surface area contributed by atoms with Gasteiger partial charge in [0.2, 0.25) is 5.91 Å². The molecule has 0 fully saturated rings. The fraction of sp³-hybridized carbons (Fsp3) is 0.364. The number of amides is 2. The first-order chi connectivity index (χ1) is 13.8. The number of benzene rings is 2. The Balaban J connectivity index is 2.21. The van der Waals surface area contributed by atoms with E-state index < -0.39 is 6.04 Å². The van der Waals surface area contributed by atoms with Crippen molar-refractivity contribution in [2.45, 2.75) is 45.8 Å². The van der Waals surface area contributed by atoms with Crippen molar-refractivity contribution in [1.82, 2.24) is 10.2 Å². The zero-order valence-electron chi connectivity index (χ0n) is 16.8. The molecule has 0 aromatic heterocycles. The molecule has 1 atom stereocenters. The lowest BCUT2D eigenvalue weighted by Crippen LogP contribution is -2.51. The highest BCUT2D eigenvalue weighted by Crippen LogP contribution is 2.21. The van der Waals surface area contributed by atoms with Gasteiger partial charge in [0.05, 0.1) is 0 Å². The molecule has 2 rings (SSSR count). The third kappa shape index (κ3) is 7.05. The zero-order valence-corrected chi connectivity index (χ0v) is 19.2. The molecule has 0 saturated heterocycles. The van der Waals surface area contributed by atoms with E-state index >= 15 is 0 Å². The number of nitrogens with one attached hydrogen (secondary N) is 1. The van der Waals surface area contributed by atoms with Crippen LogP contribution in [0, 0.1) is 0 Å². The molecular formula is C22H26BrClN2O3. The van der Waals surface area contributed by atoms with Crippen molar-refractivity contribution in [3.05, 3.63) is 63.6 Å². The molecule has 0 bridgehead atoms. The van der Waals surface area contributed by atoms with E-state index in [9.17, 15) is 9.59 Å². The summed E-state index contributed by atoms with van der Waals surface area (Å²) in [6.45, 7) is 5.72. The molecule has 0 saturated carbocycles. The topological polar surface area (TPSA) is 58.6 Å². The Hall–Kier alpha value is -2.05. The number of rotatable bonds is 9. The average Bonchev–Trinajstić information content (AvgIpc) is 2.68. The standard InChI is InChI=1S/C22H26BrClN2O3/c1-4-20(22(28)25-15(2)3)26(13-16-7-5-6-8-19(16)24)21(27)14-29-18-11-9-17(23)10-12-18/h5-12,15,20H,4,13-14H2,1-3H3,(H,25,28)/t20-/m1/s1. The maximum absolute atomic E-state index is 13.1. The van der Waals surface area contributed by atoms with Crippen LogP contribution in [-0.2, 0) is 16.1 Å². The molecule has 1 N–H and O–H groups in total. The van der Waals surface area contributed by atoms with Gasteiger partial charge < -0.3 is 15.0 Å². The van der Waals surface area contributed by atoms with Gasteiger partial charge in [-0.1, -0.05) is 52.7 Å². The SMILES string of the molecule is CC[C@H](C(=O)NC(C)C)N(Cc1ccccc1Cl)C(=O)COc1ccc(Br)cc1. The number of carbonyl (C=O) groups is 2. The molecule has 7 heteroatoms. The number of hydrogen-bond donors (Lipinski definition) is 1. The van der Waals surface area contributed by atoms with Gasteiger partial charge in [-0.25, -0.2) is 0 Å². The minimum atomic E-state index is -0.616. The van der Waals surface area contributed by atoms with Gasteiger partial charge in [-0.2, -0.15) is 0 Å². The Morgan fingerprint density at radius 1 is 1.14 bits per heavy atom. The largest absolute Gasteiger partial charge is 0.484 e. The van der Waals surface area contributed by atoms with Crippen LogP contribution in [0.15, 0.2) is 53.0 Å². The second-order valence-electron chi connectivity index (χ2n) is 6.94. The van der Waals surface area contributed by atoms with Gasteiger partial charge in [0, 0.05) is 22.1 Å². The maximum Gasteiger partial charge on any atom is 0.261 e. The van der Waals surface area contributed by atoms with E-state index in [1.165, 1.54) is 4.90 Å². The highest BCUT2D eigenvalue weighted by Gasteiger charge is 2.29. The molecule has 156 valence electrons. The first-order valence-corrected chi connectivity index (χ1v) is 10.7. The third-order valence-electron chi connectivity index (χ3n) is 4.29. The molecule has 29 heavy (non-hydrogen) atoms. The van der Waals surface area contributed by atoms with Crippen molar-refractivity contribution < 1.29 is 14.3 Å². The predicted octanol–water partition coefficient (Wildman–Crippen LogP) is 4.81. The monoisotopic (exact) mass is 480 g/mol. The lowest BCUT2D eigenvalue weighted by atomic mass is 10.1. The van der Waals surface area contributed by atoms with Crippen LogP contribution in [0.4, 0.5) is 0 Å². The second-order valence-corrected chi connectivity index (χ2v) is 8.27. The summed E-state index contributed by atoms with van der Waals surface area (Å²) in [7, 11) is 0. The first kappa shape index (κ1) is 23.2. The van der Waals surface area contributed by atoms with E-state index in [0.717, 1.165) is 10.0 Å². The lowest BCUT2D eigenvalue weighted by Gasteiger charge is -2.31. The van der Waals surface area contributed by atoms with Gasteiger partial charge in [0.1, 0.15) is 11.8 Å². The minimum absolute atomic E-state index is 0.0205. The van der Waals surface area contributed by atoms with Crippen LogP contribution < -0.4 is 10.1 Å². The Kier molecular flexibility index (Phi) is 8.99. The fourth-order valence-electron chi connectivity index (χ4n) is 2.87. The summed E-state index contributed by atoms with van der Waals surface area (Å²) >= 11 is 9.67. The molecule has 0 aliphatic rings. The van der Waals surface area contributed by atoms with Crippen molar-refractivity contribution >= 4 is 39.3 Å². The number of halogens is 2. The fourth-order valence-corrected chi connectivity index (χ4v) is 3.33. The molecule has 0 heterocycles. The smallest absolute Gasteiger partial charge is 0.261 e. The van der Waals surface area contributed by atoms with Crippen LogP contribution in [0.2, 0.25) is 5.02 Å². The summed E-state index contributed by atoms with van der Waals surface area (Å²) in [5.41, 5.74) is 0.780. The van der Waals surface area contributed by atoms with Crippen LogP contribution >= 0.6 is 27.5 Å². The summed E-state index contributed by atoms with van der Waals surface area (Å²) in [5, 5.41) is 3.45. The lowest BCUT2D eigenvalue weighted by molar-refractivity contribution is -0.143. The van der Waals surface area contributed by atoms with E-state index in [-0.39, 0.29) is 31.0 Å². The molecule has 0 spiro atoms. The normalized spacial score (nSPS) is 11.8. The van der Waals surface area contributed by atoms with E-state index in [0.29, 0.717) is 17.2 Å². The number of carbonyl (C=O) groups excluding carboxylic acids is 2. The summed E-state index contributed by atoms with van der Waals surface area (Å²) in [4.78, 5) is 27.3. The average molecular weight is 482 g/mol. The second kappa shape index (κ2) is 11.2. The summed E-state index contributed by atoms with van der Waals surface area (Å²) in [5.74, 6) is 0.115. The van der Waals surface area contributed by atoms with Gasteiger partial charge in [0.15, 0.2) is 6.61 Å². The third-order valence-corrected chi connectivity index (χ3v) is 5.19. The van der Waals surface area contributed by atoms with Crippen molar-refractivity contribution in [2.75, 3.05) is 6.61 Å².